The number of rotatable bonds is 6. The second-order valence-electron chi connectivity index (χ2n) is 12.5. The quantitative estimate of drug-likeness (QED) is 0.296. The fourth-order valence-corrected chi connectivity index (χ4v) is 6.24. The van der Waals surface area contributed by atoms with Crippen molar-refractivity contribution in [1.82, 2.24) is 20.0 Å². The molecule has 15 heteroatoms. The number of fused-ring (bicyclic) bond motifs is 1. The van der Waals surface area contributed by atoms with Crippen LogP contribution >= 0.6 is 0 Å². The first kappa shape index (κ1) is 33.9. The van der Waals surface area contributed by atoms with Gasteiger partial charge < -0.3 is 10.2 Å². The minimum atomic E-state index is -4.77. The topological polar surface area (TPSA) is 158 Å². The molecular weight excluding hydrogens is 655 g/mol. The summed E-state index contributed by atoms with van der Waals surface area (Å²) in [4.78, 5) is 66.7. The second-order valence-corrected chi connectivity index (χ2v) is 12.5. The van der Waals surface area contributed by atoms with Crippen molar-refractivity contribution in [2.75, 3.05) is 23.3 Å². The lowest BCUT2D eigenvalue weighted by molar-refractivity contribution is -0.143. The van der Waals surface area contributed by atoms with Gasteiger partial charge in [0.05, 0.1) is 41.3 Å². The van der Waals surface area contributed by atoms with E-state index in [4.69, 9.17) is 5.26 Å². The fourth-order valence-electron chi connectivity index (χ4n) is 6.24. The molecule has 256 valence electrons. The number of nitrogens with zero attached hydrogens (tertiary/aromatic N) is 5. The van der Waals surface area contributed by atoms with Crippen molar-refractivity contribution in [3.05, 3.63) is 76.6 Å². The molecule has 2 aromatic carbocycles. The number of hydrogen-bond acceptors (Lipinski definition) is 8. The van der Waals surface area contributed by atoms with Crippen molar-refractivity contribution in [3.8, 4) is 17.9 Å². The molecule has 2 saturated heterocycles. The van der Waals surface area contributed by atoms with E-state index in [0.717, 1.165) is 22.7 Å². The van der Waals surface area contributed by atoms with Gasteiger partial charge in [0.25, 0.3) is 11.8 Å². The summed E-state index contributed by atoms with van der Waals surface area (Å²) in [5, 5.41) is 18.1. The summed E-state index contributed by atoms with van der Waals surface area (Å²) in [7, 11) is 0. The first-order chi connectivity index (χ1) is 23.7. The van der Waals surface area contributed by atoms with E-state index >= 15 is 0 Å². The molecule has 1 aromatic heterocycles. The third-order valence-electron chi connectivity index (χ3n) is 9.33. The number of amides is 5. The molecular formula is C35H30F3N7O5. The van der Waals surface area contributed by atoms with Gasteiger partial charge in [0, 0.05) is 42.6 Å². The molecule has 0 saturated carbocycles. The van der Waals surface area contributed by atoms with E-state index in [2.05, 4.69) is 27.6 Å². The van der Waals surface area contributed by atoms with Gasteiger partial charge in [-0.1, -0.05) is 24.8 Å². The molecule has 2 fully saturated rings. The highest BCUT2D eigenvalue weighted by atomic mass is 19.4. The Morgan fingerprint density at radius 1 is 1.14 bits per heavy atom. The Hall–Kier alpha value is -5.96. The van der Waals surface area contributed by atoms with Gasteiger partial charge in [0.2, 0.25) is 17.7 Å². The van der Waals surface area contributed by atoms with Crippen LogP contribution in [-0.4, -0.2) is 63.3 Å². The summed E-state index contributed by atoms with van der Waals surface area (Å²) in [6, 6.07) is 8.62. The molecule has 0 radical (unpaired) electrons. The van der Waals surface area contributed by atoms with Crippen LogP contribution in [0.1, 0.15) is 65.7 Å². The molecule has 4 heterocycles. The van der Waals surface area contributed by atoms with Crippen molar-refractivity contribution in [1.29, 1.82) is 5.26 Å². The number of carbonyl (C=O) groups is 5. The predicted molar refractivity (Wildman–Crippen MR) is 171 cm³/mol. The largest absolute Gasteiger partial charge is 0.417 e. The van der Waals surface area contributed by atoms with Crippen molar-refractivity contribution < 1.29 is 37.1 Å². The standard InChI is InChI=1S/C35H30F3N7O5/c1-3-34(2,33(50)41-23-10-9-22(15-39)26(13-23)35(36,37)38)44-19-20(16-40-44)7-8-21-17-43(18-21)27-6-4-5-24-25(27)14-30(47)45(32(24)49)28-11-12-29(46)42-31(28)48/h4-6,9-10,13,16,19,21,28H,3,11-12,14,17-18H2,1-2H3,(H,41,50)(H,42,46,48). The smallest absolute Gasteiger partial charge is 0.369 e. The first-order valence-electron chi connectivity index (χ1n) is 15.8. The van der Waals surface area contributed by atoms with E-state index in [1.54, 1.807) is 32.2 Å². The molecule has 5 amide bonds. The highest BCUT2D eigenvalue weighted by Gasteiger charge is 2.43. The molecule has 6 rings (SSSR count). The molecule has 3 aliphatic heterocycles. The number of benzene rings is 2. The molecule has 2 unspecified atom stereocenters. The van der Waals surface area contributed by atoms with E-state index in [-0.39, 0.29) is 37.3 Å². The number of anilines is 2. The van der Waals surface area contributed by atoms with Crippen LogP contribution in [0.15, 0.2) is 48.8 Å². The second kappa shape index (κ2) is 12.8. The van der Waals surface area contributed by atoms with Crippen LogP contribution in [0, 0.1) is 29.1 Å². The Morgan fingerprint density at radius 3 is 2.58 bits per heavy atom. The zero-order valence-corrected chi connectivity index (χ0v) is 26.9. The molecule has 3 aromatic rings. The molecule has 0 spiro atoms. The van der Waals surface area contributed by atoms with Crippen LogP contribution < -0.4 is 15.5 Å². The Morgan fingerprint density at radius 2 is 1.90 bits per heavy atom. The van der Waals surface area contributed by atoms with Crippen LogP contribution in [0.3, 0.4) is 0 Å². The molecule has 2 atom stereocenters. The lowest BCUT2D eigenvalue weighted by atomic mass is 9.91. The normalized spacial score (nSPS) is 19.0. The first-order valence-corrected chi connectivity index (χ1v) is 15.8. The van der Waals surface area contributed by atoms with Crippen LogP contribution in [0.2, 0.25) is 0 Å². The van der Waals surface area contributed by atoms with Gasteiger partial charge in [-0.15, -0.1) is 0 Å². The average molecular weight is 686 g/mol. The van der Waals surface area contributed by atoms with Crippen molar-refractivity contribution in [2.45, 2.75) is 57.3 Å². The van der Waals surface area contributed by atoms with Crippen LogP contribution in [-0.2, 0) is 37.3 Å². The van der Waals surface area contributed by atoms with Crippen LogP contribution in [0.5, 0.6) is 0 Å². The van der Waals surface area contributed by atoms with Gasteiger partial charge in [-0.2, -0.15) is 23.5 Å². The number of aromatic nitrogens is 2. The molecule has 12 nitrogen and oxygen atoms in total. The SMILES string of the molecule is CCC(C)(C(=O)Nc1ccc(C#N)c(C(F)(F)F)c1)n1cc(C#CC2CN(c3cccc4c3CC(=O)N(C3CCC(=O)NC3=O)C4=O)C2)cn1. The van der Waals surface area contributed by atoms with E-state index in [1.807, 2.05) is 11.0 Å². The van der Waals surface area contributed by atoms with Gasteiger partial charge in [0.1, 0.15) is 11.6 Å². The summed E-state index contributed by atoms with van der Waals surface area (Å²) in [6.07, 6.45) is -1.38. The predicted octanol–water partition coefficient (Wildman–Crippen LogP) is 3.36. The third-order valence-corrected chi connectivity index (χ3v) is 9.33. The molecule has 3 aliphatic rings. The number of alkyl halides is 3. The minimum Gasteiger partial charge on any atom is -0.369 e. The number of hydrogen-bond donors (Lipinski definition) is 2. The zero-order chi connectivity index (χ0) is 36.0. The van der Waals surface area contributed by atoms with Gasteiger partial charge in [-0.3, -0.25) is 38.9 Å². The summed E-state index contributed by atoms with van der Waals surface area (Å²) < 4.78 is 41.7. The molecule has 0 aliphatic carbocycles. The highest BCUT2D eigenvalue weighted by molar-refractivity contribution is 6.14. The van der Waals surface area contributed by atoms with E-state index in [1.165, 1.54) is 23.0 Å². The minimum absolute atomic E-state index is 0.0412. The Balaban J connectivity index is 1.11. The number of nitriles is 1. The van der Waals surface area contributed by atoms with E-state index < -0.39 is 58.4 Å². The maximum atomic E-state index is 13.4. The number of carbonyl (C=O) groups excluding carboxylic acids is 5. The fraction of sp³-hybridized carbons (Fsp3) is 0.343. The maximum absolute atomic E-state index is 13.4. The Kier molecular flexibility index (Phi) is 8.70. The molecule has 0 bridgehead atoms. The summed E-state index contributed by atoms with van der Waals surface area (Å²) in [5.74, 6) is 3.42. The third kappa shape index (κ3) is 6.18. The van der Waals surface area contributed by atoms with Crippen LogP contribution in [0.25, 0.3) is 0 Å². The van der Waals surface area contributed by atoms with E-state index in [0.29, 0.717) is 29.8 Å². The number of piperidine rings is 1. The van der Waals surface area contributed by atoms with Gasteiger partial charge >= 0.3 is 6.18 Å². The summed E-state index contributed by atoms with van der Waals surface area (Å²) in [6.45, 7) is 4.39. The Labute approximate surface area is 284 Å². The van der Waals surface area contributed by atoms with Crippen molar-refractivity contribution in [2.24, 2.45) is 5.92 Å². The number of halogens is 3. The van der Waals surface area contributed by atoms with Gasteiger partial charge in [-0.05, 0) is 55.7 Å². The summed E-state index contributed by atoms with van der Waals surface area (Å²) in [5.41, 5.74) is -0.916. The molecule has 50 heavy (non-hydrogen) atoms. The lowest BCUT2D eigenvalue weighted by Gasteiger charge is -2.41. The van der Waals surface area contributed by atoms with Gasteiger partial charge in [-0.25, -0.2) is 0 Å². The summed E-state index contributed by atoms with van der Waals surface area (Å²) >= 11 is 0. The lowest BCUT2D eigenvalue weighted by Crippen LogP contribution is -2.58. The van der Waals surface area contributed by atoms with E-state index in [9.17, 15) is 37.1 Å². The highest BCUT2D eigenvalue weighted by Crippen LogP contribution is 2.36. The monoisotopic (exact) mass is 685 g/mol. The maximum Gasteiger partial charge on any atom is 0.417 e. The van der Waals surface area contributed by atoms with Gasteiger partial charge in [0.15, 0.2) is 0 Å². The van der Waals surface area contributed by atoms with Crippen molar-refractivity contribution >= 4 is 40.9 Å². The van der Waals surface area contributed by atoms with Crippen LogP contribution in [0.4, 0.5) is 24.5 Å². The molecule has 2 N–H and O–H groups in total. The average Bonchev–Trinajstić information content (AvgIpc) is 3.54. The number of imide groups is 2. The van der Waals surface area contributed by atoms with Crippen molar-refractivity contribution in [3.63, 3.8) is 0 Å². The Bertz CT molecular complexity index is 2050. The zero-order valence-electron chi connectivity index (χ0n) is 26.9. The number of nitrogens with one attached hydrogen (secondary N) is 2.